The highest BCUT2D eigenvalue weighted by Crippen LogP contribution is 2.30. The van der Waals surface area contributed by atoms with Crippen LogP contribution in [0.25, 0.3) is 0 Å². The smallest absolute Gasteiger partial charge is 0.240 e. The summed E-state index contributed by atoms with van der Waals surface area (Å²) in [5.74, 6) is 0.937. The lowest BCUT2D eigenvalue weighted by Crippen LogP contribution is -2.45. The fourth-order valence-corrected chi connectivity index (χ4v) is 2.80. The van der Waals surface area contributed by atoms with Gasteiger partial charge in [-0.1, -0.05) is 0 Å². The summed E-state index contributed by atoms with van der Waals surface area (Å²) in [5, 5.41) is 0. The minimum atomic E-state index is -3.63. The van der Waals surface area contributed by atoms with E-state index in [1.54, 1.807) is 19.9 Å². The molecule has 0 aromatic heterocycles. The maximum Gasteiger partial charge on any atom is 0.240 e. The van der Waals surface area contributed by atoms with E-state index in [9.17, 15) is 8.42 Å². The molecular weight excluding hydrogens is 328 g/mol. The average Bonchev–Trinajstić information content (AvgIpc) is 2.38. The lowest BCUT2D eigenvalue weighted by Gasteiger charge is -2.19. The summed E-state index contributed by atoms with van der Waals surface area (Å²) < 4.78 is 37.8. The van der Waals surface area contributed by atoms with E-state index in [-0.39, 0.29) is 23.8 Å². The van der Waals surface area contributed by atoms with Crippen LogP contribution in [0.1, 0.15) is 27.7 Å². The quantitative estimate of drug-likeness (QED) is 0.746. The van der Waals surface area contributed by atoms with Gasteiger partial charge in [-0.05, 0) is 39.8 Å². The van der Waals surface area contributed by atoms with Crippen LogP contribution in [0.4, 0.5) is 0 Å². The second-order valence-electron chi connectivity index (χ2n) is 5.29. The summed E-state index contributed by atoms with van der Waals surface area (Å²) in [4.78, 5) is 0.124. The molecule has 0 saturated carbocycles. The number of nitrogens with two attached hydrogens (primary N) is 1. The van der Waals surface area contributed by atoms with Crippen molar-refractivity contribution in [1.29, 1.82) is 0 Å². The van der Waals surface area contributed by atoms with E-state index in [0.29, 0.717) is 24.7 Å². The van der Waals surface area contributed by atoms with Gasteiger partial charge in [0.2, 0.25) is 10.0 Å². The van der Waals surface area contributed by atoms with Crippen LogP contribution in [-0.2, 0) is 10.0 Å². The average molecular weight is 353 g/mol. The Morgan fingerprint density at radius 1 is 1.14 bits per heavy atom. The Labute approximate surface area is 138 Å². The Morgan fingerprint density at radius 3 is 2.18 bits per heavy atom. The van der Waals surface area contributed by atoms with Crippen molar-refractivity contribution in [2.45, 2.75) is 38.1 Å². The van der Waals surface area contributed by atoms with Crippen molar-refractivity contribution < 1.29 is 17.9 Å². The normalized spacial score (nSPS) is 11.7. The van der Waals surface area contributed by atoms with Crippen molar-refractivity contribution in [1.82, 2.24) is 4.72 Å². The molecular formula is C14H25ClN2O4S. The number of hydrogen-bond donors (Lipinski definition) is 2. The predicted octanol–water partition coefficient (Wildman–Crippen LogP) is 1.92. The Kier molecular flexibility index (Phi) is 8.17. The first-order valence-corrected chi connectivity index (χ1v) is 8.36. The number of rotatable bonds is 8. The van der Waals surface area contributed by atoms with Gasteiger partial charge in [-0.25, -0.2) is 13.1 Å². The largest absolute Gasteiger partial charge is 0.490 e. The van der Waals surface area contributed by atoms with Gasteiger partial charge in [0, 0.05) is 18.2 Å². The standard InChI is InChI=1S/C14H24N2O4S.ClH/c1-5-19-12-8-7-11(9-13(12)20-6-2)21(17,18)16-10-14(3,4)15;/h7-9,16H,5-6,10,15H2,1-4H3;1H. The zero-order valence-electron chi connectivity index (χ0n) is 13.4. The van der Waals surface area contributed by atoms with E-state index < -0.39 is 15.6 Å². The number of sulfonamides is 1. The van der Waals surface area contributed by atoms with E-state index in [0.717, 1.165) is 0 Å². The summed E-state index contributed by atoms with van der Waals surface area (Å²) in [5.41, 5.74) is 5.17. The third-order valence-electron chi connectivity index (χ3n) is 2.54. The lowest BCUT2D eigenvalue weighted by atomic mass is 10.1. The summed E-state index contributed by atoms with van der Waals surface area (Å²) in [6.45, 7) is 8.22. The van der Waals surface area contributed by atoms with E-state index in [1.165, 1.54) is 12.1 Å². The van der Waals surface area contributed by atoms with Gasteiger partial charge in [0.15, 0.2) is 11.5 Å². The molecule has 0 saturated heterocycles. The van der Waals surface area contributed by atoms with Crippen LogP contribution < -0.4 is 19.9 Å². The van der Waals surface area contributed by atoms with Crippen LogP contribution in [0.2, 0.25) is 0 Å². The van der Waals surface area contributed by atoms with Gasteiger partial charge in [-0.3, -0.25) is 0 Å². The third-order valence-corrected chi connectivity index (χ3v) is 3.94. The molecule has 128 valence electrons. The molecule has 0 amide bonds. The van der Waals surface area contributed by atoms with Crippen LogP contribution in [-0.4, -0.2) is 33.7 Å². The molecule has 0 fully saturated rings. The number of benzene rings is 1. The Bertz CT molecular complexity index is 571. The fourth-order valence-electron chi connectivity index (χ4n) is 1.56. The van der Waals surface area contributed by atoms with Crippen LogP contribution >= 0.6 is 12.4 Å². The molecule has 0 spiro atoms. The van der Waals surface area contributed by atoms with Gasteiger partial charge >= 0.3 is 0 Å². The Morgan fingerprint density at radius 2 is 1.68 bits per heavy atom. The highest BCUT2D eigenvalue weighted by Gasteiger charge is 2.20. The van der Waals surface area contributed by atoms with Crippen molar-refractivity contribution in [3.63, 3.8) is 0 Å². The van der Waals surface area contributed by atoms with Crippen LogP contribution in [0, 0.1) is 0 Å². The predicted molar refractivity (Wildman–Crippen MR) is 89.5 cm³/mol. The first-order valence-electron chi connectivity index (χ1n) is 6.88. The molecule has 3 N–H and O–H groups in total. The van der Waals surface area contributed by atoms with Crippen molar-refractivity contribution in [3.05, 3.63) is 18.2 Å². The first kappa shape index (κ1) is 21.0. The van der Waals surface area contributed by atoms with Gasteiger partial charge < -0.3 is 15.2 Å². The molecule has 6 nitrogen and oxygen atoms in total. The molecule has 1 rings (SSSR count). The summed E-state index contributed by atoms with van der Waals surface area (Å²) in [6, 6.07) is 4.54. The number of nitrogens with one attached hydrogen (secondary N) is 1. The Balaban J connectivity index is 0.00000441. The topological polar surface area (TPSA) is 90.7 Å². The molecule has 22 heavy (non-hydrogen) atoms. The van der Waals surface area contributed by atoms with Gasteiger partial charge in [0.05, 0.1) is 18.1 Å². The van der Waals surface area contributed by atoms with Crippen molar-refractivity contribution >= 4 is 22.4 Å². The zero-order chi connectivity index (χ0) is 16.1. The Hall–Kier alpha value is -1.02. The number of hydrogen-bond acceptors (Lipinski definition) is 5. The minimum Gasteiger partial charge on any atom is -0.490 e. The summed E-state index contributed by atoms with van der Waals surface area (Å²) in [6.07, 6.45) is 0. The van der Waals surface area contributed by atoms with E-state index in [1.807, 2.05) is 13.8 Å². The SMILES string of the molecule is CCOc1ccc(S(=O)(=O)NCC(C)(C)N)cc1OCC.Cl. The monoisotopic (exact) mass is 352 g/mol. The number of ether oxygens (including phenoxy) is 2. The molecule has 0 radical (unpaired) electrons. The van der Waals surface area contributed by atoms with Crippen molar-refractivity contribution in [2.24, 2.45) is 5.73 Å². The molecule has 0 bridgehead atoms. The molecule has 0 aliphatic rings. The molecule has 1 aromatic rings. The fraction of sp³-hybridized carbons (Fsp3) is 0.571. The molecule has 0 aliphatic carbocycles. The van der Waals surface area contributed by atoms with E-state index in [4.69, 9.17) is 15.2 Å². The summed E-state index contributed by atoms with van der Waals surface area (Å²) >= 11 is 0. The third kappa shape index (κ3) is 6.39. The maximum absolute atomic E-state index is 12.2. The van der Waals surface area contributed by atoms with Crippen LogP contribution in [0.3, 0.4) is 0 Å². The van der Waals surface area contributed by atoms with Gasteiger partial charge in [0.25, 0.3) is 0 Å². The second-order valence-corrected chi connectivity index (χ2v) is 7.05. The second kappa shape index (κ2) is 8.57. The van der Waals surface area contributed by atoms with Gasteiger partial charge in [-0.2, -0.15) is 0 Å². The van der Waals surface area contributed by atoms with Gasteiger partial charge in [0.1, 0.15) is 0 Å². The van der Waals surface area contributed by atoms with Gasteiger partial charge in [-0.15, -0.1) is 12.4 Å². The van der Waals surface area contributed by atoms with Crippen LogP contribution in [0.5, 0.6) is 11.5 Å². The molecule has 0 heterocycles. The van der Waals surface area contributed by atoms with E-state index in [2.05, 4.69) is 4.72 Å². The molecule has 1 aromatic carbocycles. The highest BCUT2D eigenvalue weighted by atomic mass is 35.5. The van der Waals surface area contributed by atoms with E-state index >= 15 is 0 Å². The first-order chi connectivity index (χ1) is 9.69. The van der Waals surface area contributed by atoms with Crippen molar-refractivity contribution in [2.75, 3.05) is 19.8 Å². The summed E-state index contributed by atoms with van der Waals surface area (Å²) in [7, 11) is -3.63. The van der Waals surface area contributed by atoms with Crippen molar-refractivity contribution in [3.8, 4) is 11.5 Å². The molecule has 0 atom stereocenters. The molecule has 0 aliphatic heterocycles. The molecule has 0 unspecified atom stereocenters. The lowest BCUT2D eigenvalue weighted by molar-refractivity contribution is 0.287. The van der Waals surface area contributed by atoms with Crippen LogP contribution in [0.15, 0.2) is 23.1 Å². The zero-order valence-corrected chi connectivity index (χ0v) is 15.0. The maximum atomic E-state index is 12.2. The number of halogens is 1. The highest BCUT2D eigenvalue weighted by molar-refractivity contribution is 7.89. The molecule has 8 heteroatoms. The minimum absolute atomic E-state index is 0.